The molecule has 0 aromatic carbocycles. The molecule has 1 aliphatic rings. The number of imidazole rings is 1. The van der Waals surface area contributed by atoms with Gasteiger partial charge in [-0.2, -0.15) is 0 Å². The molecule has 1 atom stereocenters. The number of nitrogens with zero attached hydrogens (tertiary/aromatic N) is 3. The topological polar surface area (TPSA) is 66.7 Å². The molecule has 0 unspecified atom stereocenters. The van der Waals surface area contributed by atoms with Crippen LogP contribution in [0.5, 0.6) is 0 Å². The van der Waals surface area contributed by atoms with Gasteiger partial charge >= 0.3 is 0 Å². The minimum Gasteiger partial charge on any atom is -0.349 e. The van der Waals surface area contributed by atoms with Gasteiger partial charge in [0.25, 0.3) is 0 Å². The van der Waals surface area contributed by atoms with Gasteiger partial charge in [0.1, 0.15) is 6.04 Å². The first-order valence-electron chi connectivity index (χ1n) is 7.05. The van der Waals surface area contributed by atoms with Gasteiger partial charge in [0.15, 0.2) is 4.96 Å². The maximum Gasteiger partial charge on any atom is 0.242 e. The summed E-state index contributed by atoms with van der Waals surface area (Å²) >= 11 is 1.58. The van der Waals surface area contributed by atoms with Crippen LogP contribution in [0, 0.1) is 6.92 Å². The molecule has 6 nitrogen and oxygen atoms in total. The number of aromatic nitrogens is 2. The Kier molecular flexibility index (Phi) is 3.67. The van der Waals surface area contributed by atoms with E-state index in [1.54, 1.807) is 23.2 Å². The van der Waals surface area contributed by atoms with Crippen LogP contribution >= 0.6 is 11.3 Å². The van der Waals surface area contributed by atoms with Gasteiger partial charge in [0.05, 0.1) is 12.2 Å². The van der Waals surface area contributed by atoms with Crippen molar-refractivity contribution < 1.29 is 9.59 Å². The van der Waals surface area contributed by atoms with Crippen molar-refractivity contribution in [2.45, 2.75) is 39.3 Å². The Labute approximate surface area is 126 Å². The lowest BCUT2D eigenvalue weighted by molar-refractivity contribution is -0.136. The first-order chi connectivity index (χ1) is 10.1. The molecular formula is C14H18N4O2S. The van der Waals surface area contributed by atoms with Crippen molar-refractivity contribution in [1.82, 2.24) is 19.6 Å². The fourth-order valence-corrected chi connectivity index (χ4v) is 3.44. The third-order valence-electron chi connectivity index (χ3n) is 3.84. The summed E-state index contributed by atoms with van der Waals surface area (Å²) in [5, 5.41) is 4.91. The molecule has 1 saturated heterocycles. The SMILES string of the molecule is Cc1csc2nc(CNC(=O)[C@@H](C)N3CCCC3=O)cn12. The zero-order valence-corrected chi connectivity index (χ0v) is 12.9. The summed E-state index contributed by atoms with van der Waals surface area (Å²) in [7, 11) is 0. The summed E-state index contributed by atoms with van der Waals surface area (Å²) in [6.45, 7) is 4.86. The second-order valence-electron chi connectivity index (χ2n) is 5.35. The first kappa shape index (κ1) is 14.1. The van der Waals surface area contributed by atoms with E-state index >= 15 is 0 Å². The number of aryl methyl sites for hydroxylation is 1. The molecular weight excluding hydrogens is 288 g/mol. The van der Waals surface area contributed by atoms with E-state index in [2.05, 4.69) is 10.3 Å². The number of carbonyl (C=O) groups excluding carboxylic acids is 2. The highest BCUT2D eigenvalue weighted by atomic mass is 32.1. The van der Waals surface area contributed by atoms with Gasteiger partial charge in [-0.1, -0.05) is 0 Å². The van der Waals surface area contributed by atoms with Crippen LogP contribution in [0.3, 0.4) is 0 Å². The monoisotopic (exact) mass is 306 g/mol. The van der Waals surface area contributed by atoms with E-state index < -0.39 is 6.04 Å². The second-order valence-corrected chi connectivity index (χ2v) is 6.18. The van der Waals surface area contributed by atoms with Crippen molar-refractivity contribution in [1.29, 1.82) is 0 Å². The number of nitrogens with one attached hydrogen (secondary N) is 1. The normalized spacial score (nSPS) is 16.7. The molecule has 2 amide bonds. The van der Waals surface area contributed by atoms with Gasteiger partial charge in [0.2, 0.25) is 11.8 Å². The molecule has 3 heterocycles. The number of carbonyl (C=O) groups is 2. The van der Waals surface area contributed by atoms with Gasteiger partial charge in [-0.05, 0) is 20.3 Å². The van der Waals surface area contributed by atoms with Crippen LogP contribution < -0.4 is 5.32 Å². The van der Waals surface area contributed by atoms with E-state index in [-0.39, 0.29) is 11.8 Å². The third-order valence-corrected chi connectivity index (χ3v) is 4.80. The number of likely N-dealkylation sites (tertiary alicyclic amines) is 1. The van der Waals surface area contributed by atoms with Crippen LogP contribution in [0.25, 0.3) is 4.96 Å². The number of amides is 2. The molecule has 0 bridgehead atoms. The minimum absolute atomic E-state index is 0.0655. The molecule has 21 heavy (non-hydrogen) atoms. The largest absolute Gasteiger partial charge is 0.349 e. The molecule has 1 fully saturated rings. The van der Waals surface area contributed by atoms with E-state index in [0.29, 0.717) is 19.5 Å². The van der Waals surface area contributed by atoms with Crippen molar-refractivity contribution in [3.8, 4) is 0 Å². The van der Waals surface area contributed by atoms with Gasteiger partial charge in [-0.15, -0.1) is 11.3 Å². The van der Waals surface area contributed by atoms with Crippen molar-refractivity contribution in [2.24, 2.45) is 0 Å². The maximum atomic E-state index is 12.1. The summed E-state index contributed by atoms with van der Waals surface area (Å²) in [6.07, 6.45) is 3.33. The van der Waals surface area contributed by atoms with Gasteiger partial charge in [-0.3, -0.25) is 14.0 Å². The van der Waals surface area contributed by atoms with Crippen LogP contribution in [0.2, 0.25) is 0 Å². The van der Waals surface area contributed by atoms with E-state index in [0.717, 1.165) is 22.8 Å². The Hall–Kier alpha value is -1.89. The highest BCUT2D eigenvalue weighted by Gasteiger charge is 2.29. The average molecular weight is 306 g/mol. The smallest absolute Gasteiger partial charge is 0.242 e. The number of thiazole rings is 1. The molecule has 112 valence electrons. The molecule has 3 rings (SSSR count). The third kappa shape index (κ3) is 2.65. The summed E-state index contributed by atoms with van der Waals surface area (Å²) in [4.78, 5) is 30.8. The maximum absolute atomic E-state index is 12.1. The Bertz CT molecular complexity index is 690. The van der Waals surface area contributed by atoms with Gasteiger partial charge in [0, 0.05) is 30.2 Å². The standard InChI is InChI=1S/C14H18N4O2S/c1-9-8-21-14-16-11(7-18(9)14)6-15-13(20)10(2)17-5-3-4-12(17)19/h7-8,10H,3-6H2,1-2H3,(H,15,20)/t10-/m1/s1. The Balaban J connectivity index is 1.61. The molecule has 1 N–H and O–H groups in total. The summed E-state index contributed by atoms with van der Waals surface area (Å²) in [5.74, 6) is -0.0610. The number of hydrogen-bond acceptors (Lipinski definition) is 4. The lowest BCUT2D eigenvalue weighted by atomic mass is 10.2. The molecule has 1 aliphatic heterocycles. The Morgan fingerprint density at radius 2 is 2.38 bits per heavy atom. The predicted molar refractivity (Wildman–Crippen MR) is 80.1 cm³/mol. The number of rotatable bonds is 4. The van der Waals surface area contributed by atoms with Crippen molar-refractivity contribution in [3.63, 3.8) is 0 Å². The predicted octanol–water partition coefficient (Wildman–Crippen LogP) is 1.33. The fourth-order valence-electron chi connectivity index (χ4n) is 2.57. The van der Waals surface area contributed by atoms with Crippen LogP contribution in [-0.2, 0) is 16.1 Å². The second kappa shape index (κ2) is 5.48. The average Bonchev–Trinajstić information content (AvgIpc) is 3.14. The molecule has 0 aliphatic carbocycles. The van der Waals surface area contributed by atoms with Gasteiger partial charge in [-0.25, -0.2) is 4.98 Å². The van der Waals surface area contributed by atoms with E-state index in [1.807, 2.05) is 22.9 Å². The minimum atomic E-state index is -0.412. The number of fused-ring (bicyclic) bond motifs is 1. The lowest BCUT2D eigenvalue weighted by Gasteiger charge is -2.23. The zero-order chi connectivity index (χ0) is 15.0. The van der Waals surface area contributed by atoms with Crippen molar-refractivity contribution in [3.05, 3.63) is 23.0 Å². The molecule has 7 heteroatoms. The van der Waals surface area contributed by atoms with Crippen LogP contribution in [0.4, 0.5) is 0 Å². The summed E-state index contributed by atoms with van der Waals surface area (Å²) in [6, 6.07) is -0.412. The van der Waals surface area contributed by atoms with Crippen molar-refractivity contribution >= 4 is 28.1 Å². The molecule has 2 aromatic heterocycles. The molecule has 0 spiro atoms. The lowest BCUT2D eigenvalue weighted by Crippen LogP contribution is -2.45. The molecule has 0 radical (unpaired) electrons. The van der Waals surface area contributed by atoms with Crippen molar-refractivity contribution in [2.75, 3.05) is 6.54 Å². The number of hydrogen-bond donors (Lipinski definition) is 1. The fraction of sp³-hybridized carbons (Fsp3) is 0.500. The highest BCUT2D eigenvalue weighted by Crippen LogP contribution is 2.16. The molecule has 2 aromatic rings. The van der Waals surface area contributed by atoms with Crippen LogP contribution in [0.15, 0.2) is 11.6 Å². The quantitative estimate of drug-likeness (QED) is 0.926. The van der Waals surface area contributed by atoms with E-state index in [4.69, 9.17) is 0 Å². The Morgan fingerprint density at radius 3 is 3.05 bits per heavy atom. The highest BCUT2D eigenvalue weighted by molar-refractivity contribution is 7.15. The van der Waals surface area contributed by atoms with Crippen LogP contribution in [-0.4, -0.2) is 38.7 Å². The summed E-state index contributed by atoms with van der Waals surface area (Å²) in [5.41, 5.74) is 1.97. The van der Waals surface area contributed by atoms with Crippen LogP contribution in [0.1, 0.15) is 31.2 Å². The van der Waals surface area contributed by atoms with Gasteiger partial charge < -0.3 is 10.2 Å². The molecule has 0 saturated carbocycles. The first-order valence-corrected chi connectivity index (χ1v) is 7.93. The van der Waals surface area contributed by atoms with E-state index in [9.17, 15) is 9.59 Å². The Morgan fingerprint density at radius 1 is 1.57 bits per heavy atom. The summed E-state index contributed by atoms with van der Waals surface area (Å²) < 4.78 is 2.01. The van der Waals surface area contributed by atoms with E-state index in [1.165, 1.54) is 0 Å². The zero-order valence-electron chi connectivity index (χ0n) is 12.1.